The minimum atomic E-state index is -0.435. The summed E-state index contributed by atoms with van der Waals surface area (Å²) in [5.41, 5.74) is 1.82. The standard InChI is InChI=1S/C14H13N3O2/c1-10-16-8-13(14(18)19-2)17(10)9-12-6-4-3-5-11(12)7-15/h3-6,8H,9H2,1-2H3. The van der Waals surface area contributed by atoms with Gasteiger partial charge in [-0.25, -0.2) is 9.78 Å². The van der Waals surface area contributed by atoms with Gasteiger partial charge in [0.15, 0.2) is 0 Å². The number of nitrogens with zero attached hydrogens (tertiary/aromatic N) is 3. The van der Waals surface area contributed by atoms with E-state index >= 15 is 0 Å². The van der Waals surface area contributed by atoms with Crippen LogP contribution in [0.25, 0.3) is 0 Å². The maximum absolute atomic E-state index is 11.6. The quantitative estimate of drug-likeness (QED) is 0.785. The van der Waals surface area contributed by atoms with E-state index in [9.17, 15) is 4.79 Å². The number of aryl methyl sites for hydroxylation is 1. The lowest BCUT2D eigenvalue weighted by Crippen LogP contribution is -2.13. The predicted octanol–water partition coefficient (Wildman–Crippen LogP) is 1.90. The summed E-state index contributed by atoms with van der Waals surface area (Å²) in [5, 5.41) is 9.07. The molecule has 5 heteroatoms. The number of methoxy groups -OCH3 is 1. The smallest absolute Gasteiger partial charge is 0.356 e. The normalized spacial score (nSPS) is 9.95. The zero-order valence-electron chi connectivity index (χ0n) is 10.8. The maximum atomic E-state index is 11.6. The van der Waals surface area contributed by atoms with Crippen LogP contribution < -0.4 is 0 Å². The number of esters is 1. The van der Waals surface area contributed by atoms with E-state index in [1.165, 1.54) is 13.3 Å². The first-order valence-electron chi connectivity index (χ1n) is 5.75. The highest BCUT2D eigenvalue weighted by Crippen LogP contribution is 2.14. The van der Waals surface area contributed by atoms with Crippen LogP contribution in [0.4, 0.5) is 0 Å². The number of hydrogen-bond acceptors (Lipinski definition) is 4. The molecule has 1 heterocycles. The summed E-state index contributed by atoms with van der Waals surface area (Å²) < 4.78 is 6.46. The molecule has 0 amide bonds. The SMILES string of the molecule is COC(=O)c1cnc(C)n1Cc1ccccc1C#N. The Morgan fingerprint density at radius 3 is 2.89 bits per heavy atom. The molecule has 0 saturated carbocycles. The zero-order chi connectivity index (χ0) is 13.8. The van der Waals surface area contributed by atoms with Crippen LogP contribution >= 0.6 is 0 Å². The van der Waals surface area contributed by atoms with Crippen molar-refractivity contribution in [2.24, 2.45) is 0 Å². The molecule has 19 heavy (non-hydrogen) atoms. The molecule has 0 atom stereocenters. The molecular formula is C14H13N3O2. The summed E-state index contributed by atoms with van der Waals surface area (Å²) in [6.07, 6.45) is 1.48. The van der Waals surface area contributed by atoms with E-state index in [4.69, 9.17) is 10.00 Å². The number of nitriles is 1. The number of rotatable bonds is 3. The Labute approximate surface area is 111 Å². The Morgan fingerprint density at radius 1 is 1.47 bits per heavy atom. The van der Waals surface area contributed by atoms with Gasteiger partial charge in [-0.1, -0.05) is 18.2 Å². The van der Waals surface area contributed by atoms with E-state index in [1.54, 1.807) is 17.6 Å². The average molecular weight is 255 g/mol. The third-order valence-corrected chi connectivity index (χ3v) is 2.92. The lowest BCUT2D eigenvalue weighted by molar-refractivity contribution is 0.0588. The summed E-state index contributed by atoms with van der Waals surface area (Å²) >= 11 is 0. The highest BCUT2D eigenvalue weighted by Gasteiger charge is 2.15. The summed E-state index contributed by atoms with van der Waals surface area (Å²) in [6.45, 7) is 2.22. The van der Waals surface area contributed by atoms with Gasteiger partial charge in [-0.05, 0) is 18.6 Å². The Morgan fingerprint density at radius 2 is 2.21 bits per heavy atom. The van der Waals surface area contributed by atoms with Crippen molar-refractivity contribution in [3.05, 3.63) is 53.1 Å². The number of imidazole rings is 1. The van der Waals surface area contributed by atoms with Crippen molar-refractivity contribution < 1.29 is 9.53 Å². The third kappa shape index (κ3) is 2.47. The molecule has 0 saturated heterocycles. The number of benzene rings is 1. The second-order valence-electron chi connectivity index (χ2n) is 4.04. The van der Waals surface area contributed by atoms with Crippen LogP contribution in [-0.4, -0.2) is 22.6 Å². The molecular weight excluding hydrogens is 242 g/mol. The van der Waals surface area contributed by atoms with Crippen molar-refractivity contribution in [2.45, 2.75) is 13.5 Å². The molecule has 0 aliphatic heterocycles. The van der Waals surface area contributed by atoms with Gasteiger partial charge in [0.05, 0.1) is 31.5 Å². The fourth-order valence-corrected chi connectivity index (χ4v) is 1.87. The van der Waals surface area contributed by atoms with Crippen molar-refractivity contribution in [1.82, 2.24) is 9.55 Å². The first-order chi connectivity index (χ1) is 9.17. The van der Waals surface area contributed by atoms with Crippen LogP contribution in [0.2, 0.25) is 0 Å². The second-order valence-corrected chi connectivity index (χ2v) is 4.04. The minimum absolute atomic E-state index is 0.382. The Bertz CT molecular complexity index is 653. The Kier molecular flexibility index (Phi) is 3.62. The molecule has 0 unspecified atom stereocenters. The average Bonchev–Trinajstić information content (AvgIpc) is 2.80. The number of aromatic nitrogens is 2. The molecule has 0 fully saturated rings. The second kappa shape index (κ2) is 5.36. The molecule has 0 N–H and O–H groups in total. The van der Waals surface area contributed by atoms with Gasteiger partial charge in [0, 0.05) is 0 Å². The van der Waals surface area contributed by atoms with E-state index in [2.05, 4.69) is 11.1 Å². The molecule has 5 nitrogen and oxygen atoms in total. The van der Waals surface area contributed by atoms with Gasteiger partial charge >= 0.3 is 5.97 Å². The third-order valence-electron chi connectivity index (χ3n) is 2.92. The zero-order valence-corrected chi connectivity index (χ0v) is 10.8. The van der Waals surface area contributed by atoms with Gasteiger partial charge in [0.1, 0.15) is 11.5 Å². The largest absolute Gasteiger partial charge is 0.464 e. The molecule has 0 bridgehead atoms. The fraction of sp³-hybridized carbons (Fsp3) is 0.214. The van der Waals surface area contributed by atoms with Gasteiger partial charge in [0.25, 0.3) is 0 Å². The summed E-state index contributed by atoms with van der Waals surface area (Å²) in [7, 11) is 1.33. The van der Waals surface area contributed by atoms with E-state index < -0.39 is 5.97 Å². The highest BCUT2D eigenvalue weighted by atomic mass is 16.5. The first-order valence-corrected chi connectivity index (χ1v) is 5.75. The van der Waals surface area contributed by atoms with Crippen LogP contribution in [0.1, 0.15) is 27.4 Å². The summed E-state index contributed by atoms with van der Waals surface area (Å²) in [4.78, 5) is 15.8. The van der Waals surface area contributed by atoms with Gasteiger partial charge in [-0.3, -0.25) is 0 Å². The van der Waals surface area contributed by atoms with E-state index in [0.717, 1.165) is 5.56 Å². The Hall–Kier alpha value is -2.61. The van der Waals surface area contributed by atoms with Crippen molar-refractivity contribution >= 4 is 5.97 Å². The molecule has 2 aromatic rings. The van der Waals surface area contributed by atoms with Crippen molar-refractivity contribution in [3.63, 3.8) is 0 Å². The molecule has 1 aromatic carbocycles. The van der Waals surface area contributed by atoms with Crippen molar-refractivity contribution in [2.75, 3.05) is 7.11 Å². The monoisotopic (exact) mass is 255 g/mol. The van der Waals surface area contributed by atoms with Gasteiger partial charge in [-0.15, -0.1) is 0 Å². The van der Waals surface area contributed by atoms with Crippen LogP contribution in [0.5, 0.6) is 0 Å². The first kappa shape index (κ1) is 12.8. The molecule has 0 aliphatic rings. The number of carbonyl (C=O) groups is 1. The Balaban J connectivity index is 2.41. The van der Waals surface area contributed by atoms with Crippen molar-refractivity contribution in [1.29, 1.82) is 5.26 Å². The molecule has 0 spiro atoms. The lowest BCUT2D eigenvalue weighted by Gasteiger charge is -2.10. The minimum Gasteiger partial charge on any atom is -0.464 e. The summed E-state index contributed by atoms with van der Waals surface area (Å²) in [6, 6.07) is 9.42. The van der Waals surface area contributed by atoms with Crippen LogP contribution in [0.15, 0.2) is 30.5 Å². The van der Waals surface area contributed by atoms with Gasteiger partial charge in [0.2, 0.25) is 0 Å². The lowest BCUT2D eigenvalue weighted by atomic mass is 10.1. The van der Waals surface area contributed by atoms with Crippen LogP contribution in [0.3, 0.4) is 0 Å². The fourth-order valence-electron chi connectivity index (χ4n) is 1.87. The maximum Gasteiger partial charge on any atom is 0.356 e. The summed E-state index contributed by atoms with van der Waals surface area (Å²) in [5.74, 6) is 0.267. The number of hydrogen-bond donors (Lipinski definition) is 0. The van der Waals surface area contributed by atoms with Gasteiger partial charge < -0.3 is 9.30 Å². The highest BCUT2D eigenvalue weighted by molar-refractivity contribution is 5.87. The van der Waals surface area contributed by atoms with E-state index in [-0.39, 0.29) is 0 Å². The molecule has 96 valence electrons. The van der Waals surface area contributed by atoms with Gasteiger partial charge in [-0.2, -0.15) is 5.26 Å². The van der Waals surface area contributed by atoms with Crippen LogP contribution in [-0.2, 0) is 11.3 Å². The van der Waals surface area contributed by atoms with E-state index in [0.29, 0.717) is 23.6 Å². The number of ether oxygens (including phenoxy) is 1. The van der Waals surface area contributed by atoms with E-state index in [1.807, 2.05) is 18.2 Å². The van der Waals surface area contributed by atoms with Crippen molar-refractivity contribution in [3.8, 4) is 6.07 Å². The molecule has 2 rings (SSSR count). The molecule has 1 aromatic heterocycles. The molecule has 0 aliphatic carbocycles. The predicted molar refractivity (Wildman–Crippen MR) is 68.6 cm³/mol. The molecule has 0 radical (unpaired) electrons. The number of carbonyl (C=O) groups excluding carboxylic acids is 1. The topological polar surface area (TPSA) is 67.9 Å². The van der Waals surface area contributed by atoms with Crippen LogP contribution in [0, 0.1) is 18.3 Å².